The van der Waals surface area contributed by atoms with E-state index in [4.69, 9.17) is 16.6 Å². The van der Waals surface area contributed by atoms with E-state index in [0.29, 0.717) is 0 Å². The van der Waals surface area contributed by atoms with Gasteiger partial charge in [0.25, 0.3) is 0 Å². The van der Waals surface area contributed by atoms with Gasteiger partial charge in [-0.25, -0.2) is 4.79 Å². The van der Waals surface area contributed by atoms with Gasteiger partial charge in [0.2, 0.25) is 23.6 Å². The Labute approximate surface area is 197 Å². The van der Waals surface area contributed by atoms with Crippen molar-refractivity contribution in [1.29, 1.82) is 0 Å². The minimum Gasteiger partial charge on any atom is -0.508 e. The van der Waals surface area contributed by atoms with E-state index >= 15 is 0 Å². The molecule has 1 rings (SSSR count). The van der Waals surface area contributed by atoms with Crippen molar-refractivity contribution in [2.75, 3.05) is 6.54 Å². The summed E-state index contributed by atoms with van der Waals surface area (Å²) in [5.41, 5.74) is 11.7. The van der Waals surface area contributed by atoms with Crippen molar-refractivity contribution in [2.24, 2.45) is 17.4 Å². The molecule has 12 heteroatoms. The Morgan fingerprint density at radius 3 is 2.12 bits per heavy atom. The number of aliphatic carboxylic acids is 1. The zero-order valence-corrected chi connectivity index (χ0v) is 19.2. The number of hydrogen-bond donors (Lipinski definition) is 7. The molecule has 188 valence electrons. The summed E-state index contributed by atoms with van der Waals surface area (Å²) >= 11 is 0. The lowest BCUT2D eigenvalue weighted by Gasteiger charge is -2.22. The minimum absolute atomic E-state index is 0.0309. The fourth-order valence-corrected chi connectivity index (χ4v) is 3.04. The maximum absolute atomic E-state index is 12.6. The van der Waals surface area contributed by atoms with E-state index in [1.54, 1.807) is 12.1 Å². The number of carboxylic acids is 1. The van der Waals surface area contributed by atoms with Gasteiger partial charge in [-0.1, -0.05) is 26.0 Å². The van der Waals surface area contributed by atoms with Crippen LogP contribution in [0.25, 0.3) is 0 Å². The minimum atomic E-state index is -1.34. The molecule has 0 aliphatic heterocycles. The van der Waals surface area contributed by atoms with Gasteiger partial charge in [-0.2, -0.15) is 0 Å². The van der Waals surface area contributed by atoms with Gasteiger partial charge in [0.1, 0.15) is 17.8 Å². The van der Waals surface area contributed by atoms with Crippen LogP contribution < -0.4 is 27.4 Å². The number of carboxylic acid groups (broad SMARTS) is 1. The van der Waals surface area contributed by atoms with E-state index in [-0.39, 0.29) is 37.4 Å². The van der Waals surface area contributed by atoms with Gasteiger partial charge in [0.05, 0.1) is 12.6 Å². The van der Waals surface area contributed by atoms with Crippen molar-refractivity contribution in [2.45, 2.75) is 57.7 Å². The van der Waals surface area contributed by atoms with Crippen molar-refractivity contribution in [1.82, 2.24) is 16.0 Å². The van der Waals surface area contributed by atoms with Crippen LogP contribution in [0.15, 0.2) is 24.3 Å². The molecular formula is C22H33N5O7. The summed E-state index contributed by atoms with van der Waals surface area (Å²) in [7, 11) is 0. The highest BCUT2D eigenvalue weighted by molar-refractivity contribution is 5.92. The summed E-state index contributed by atoms with van der Waals surface area (Å²) in [6.45, 7) is 3.18. The quantitative estimate of drug-likeness (QED) is 0.171. The summed E-state index contributed by atoms with van der Waals surface area (Å²) in [4.78, 5) is 59.3. The number of phenolic OH excluding ortho intramolecular Hbond substituents is 1. The van der Waals surface area contributed by atoms with E-state index in [1.807, 2.05) is 13.8 Å². The van der Waals surface area contributed by atoms with Crippen molar-refractivity contribution in [3.8, 4) is 5.75 Å². The van der Waals surface area contributed by atoms with Crippen LogP contribution in [-0.2, 0) is 30.4 Å². The summed E-state index contributed by atoms with van der Waals surface area (Å²) in [5, 5.41) is 25.7. The zero-order chi connectivity index (χ0) is 25.8. The van der Waals surface area contributed by atoms with Crippen LogP contribution in [0.4, 0.5) is 0 Å². The number of nitrogens with two attached hydrogens (primary N) is 2. The average Bonchev–Trinajstić information content (AvgIpc) is 2.75. The Morgan fingerprint density at radius 2 is 1.59 bits per heavy atom. The second-order valence-electron chi connectivity index (χ2n) is 8.35. The monoisotopic (exact) mass is 479 g/mol. The van der Waals surface area contributed by atoms with E-state index in [2.05, 4.69) is 16.0 Å². The summed E-state index contributed by atoms with van der Waals surface area (Å²) in [5.74, 6) is -3.89. The first-order valence-corrected chi connectivity index (χ1v) is 10.8. The van der Waals surface area contributed by atoms with Crippen molar-refractivity contribution >= 4 is 29.6 Å². The number of hydrogen-bond acceptors (Lipinski definition) is 7. The molecule has 3 unspecified atom stereocenters. The maximum Gasteiger partial charge on any atom is 0.326 e. The zero-order valence-electron chi connectivity index (χ0n) is 19.2. The average molecular weight is 480 g/mol. The maximum atomic E-state index is 12.6. The van der Waals surface area contributed by atoms with Crippen LogP contribution in [-0.4, -0.2) is 64.5 Å². The third-order valence-corrected chi connectivity index (χ3v) is 4.80. The lowest BCUT2D eigenvalue weighted by atomic mass is 10.0. The van der Waals surface area contributed by atoms with Crippen LogP contribution >= 0.6 is 0 Å². The molecule has 0 heterocycles. The number of rotatable bonds is 14. The fourth-order valence-electron chi connectivity index (χ4n) is 3.04. The van der Waals surface area contributed by atoms with Crippen molar-refractivity contribution in [3.05, 3.63) is 29.8 Å². The Bertz CT molecular complexity index is 873. The molecule has 0 fully saturated rings. The predicted molar refractivity (Wildman–Crippen MR) is 122 cm³/mol. The molecule has 0 bridgehead atoms. The number of amides is 4. The normalized spacial score (nSPS) is 13.4. The standard InChI is InChI=1S/C22H33N5O7/c1-12(2)9-17(27-20(31)15(23)10-13-3-5-14(28)6-4-13)21(32)25-11-19(30)26-16(22(33)34)7-8-18(24)29/h3-6,12,15-17,28H,7-11,23H2,1-2H3,(H2,24,29)(H,25,32)(H,26,30)(H,27,31)(H,33,34). The highest BCUT2D eigenvalue weighted by Crippen LogP contribution is 2.11. The number of aromatic hydroxyl groups is 1. The summed E-state index contributed by atoms with van der Waals surface area (Å²) in [6, 6.07) is 2.97. The smallest absolute Gasteiger partial charge is 0.326 e. The van der Waals surface area contributed by atoms with Crippen molar-refractivity contribution in [3.63, 3.8) is 0 Å². The van der Waals surface area contributed by atoms with Crippen LogP contribution in [0.3, 0.4) is 0 Å². The van der Waals surface area contributed by atoms with E-state index in [1.165, 1.54) is 12.1 Å². The van der Waals surface area contributed by atoms with E-state index in [0.717, 1.165) is 5.56 Å². The molecule has 0 aliphatic carbocycles. The summed E-state index contributed by atoms with van der Waals surface area (Å²) in [6.07, 6.45) is 0.0553. The topological polar surface area (TPSA) is 214 Å². The molecule has 0 saturated heterocycles. The highest BCUT2D eigenvalue weighted by atomic mass is 16.4. The lowest BCUT2D eigenvalue weighted by molar-refractivity contribution is -0.142. The highest BCUT2D eigenvalue weighted by Gasteiger charge is 2.26. The van der Waals surface area contributed by atoms with Gasteiger partial charge in [0.15, 0.2) is 0 Å². The molecular weight excluding hydrogens is 446 g/mol. The number of carbonyl (C=O) groups excluding carboxylic acids is 4. The number of carbonyl (C=O) groups is 5. The SMILES string of the molecule is CC(C)CC(NC(=O)C(N)Cc1ccc(O)cc1)C(=O)NCC(=O)NC(CCC(N)=O)C(=O)O. The molecule has 4 amide bonds. The second kappa shape index (κ2) is 13.8. The van der Waals surface area contributed by atoms with Crippen LogP contribution in [0.5, 0.6) is 5.75 Å². The van der Waals surface area contributed by atoms with Gasteiger partial charge < -0.3 is 37.6 Å². The molecule has 9 N–H and O–H groups in total. The molecule has 0 saturated carbocycles. The first-order valence-electron chi connectivity index (χ1n) is 10.8. The van der Waals surface area contributed by atoms with Crippen LogP contribution in [0.2, 0.25) is 0 Å². The van der Waals surface area contributed by atoms with Gasteiger partial charge >= 0.3 is 5.97 Å². The number of primary amides is 1. The molecule has 0 spiro atoms. The Hall–Kier alpha value is -3.67. The fraction of sp³-hybridized carbons (Fsp3) is 0.500. The molecule has 0 aromatic heterocycles. The Kier molecular flexibility index (Phi) is 11.5. The first kappa shape index (κ1) is 28.4. The molecule has 3 atom stereocenters. The van der Waals surface area contributed by atoms with E-state index in [9.17, 15) is 29.1 Å². The molecule has 1 aromatic carbocycles. The van der Waals surface area contributed by atoms with Crippen LogP contribution in [0, 0.1) is 5.92 Å². The van der Waals surface area contributed by atoms with Gasteiger partial charge in [-0.05, 0) is 42.9 Å². The van der Waals surface area contributed by atoms with Gasteiger partial charge in [0, 0.05) is 6.42 Å². The molecule has 34 heavy (non-hydrogen) atoms. The van der Waals surface area contributed by atoms with Crippen molar-refractivity contribution < 1.29 is 34.2 Å². The lowest BCUT2D eigenvalue weighted by Crippen LogP contribution is -2.54. The molecule has 0 aliphatic rings. The second-order valence-corrected chi connectivity index (χ2v) is 8.35. The van der Waals surface area contributed by atoms with Gasteiger partial charge in [-0.3, -0.25) is 19.2 Å². The number of nitrogens with one attached hydrogen (secondary N) is 3. The Balaban J connectivity index is 2.67. The van der Waals surface area contributed by atoms with Crippen LogP contribution in [0.1, 0.15) is 38.7 Å². The summed E-state index contributed by atoms with van der Waals surface area (Å²) < 4.78 is 0. The predicted octanol–water partition coefficient (Wildman–Crippen LogP) is -1.26. The first-order chi connectivity index (χ1) is 15.9. The molecule has 0 radical (unpaired) electrons. The number of benzene rings is 1. The molecule has 1 aromatic rings. The largest absolute Gasteiger partial charge is 0.508 e. The number of phenols is 1. The third-order valence-electron chi connectivity index (χ3n) is 4.80. The van der Waals surface area contributed by atoms with Gasteiger partial charge in [-0.15, -0.1) is 0 Å². The third kappa shape index (κ3) is 10.8. The van der Waals surface area contributed by atoms with E-state index < -0.39 is 54.3 Å². The Morgan fingerprint density at radius 1 is 0.971 bits per heavy atom. The molecule has 12 nitrogen and oxygen atoms in total.